The smallest absolute Gasteiger partial charge is 0.225 e. The molecule has 0 aliphatic carbocycles. The molecule has 26 heavy (non-hydrogen) atoms. The zero-order chi connectivity index (χ0) is 18.7. The van der Waals surface area contributed by atoms with Crippen molar-refractivity contribution in [2.24, 2.45) is 5.92 Å². The Balaban J connectivity index is 1.73. The van der Waals surface area contributed by atoms with Gasteiger partial charge >= 0.3 is 0 Å². The Labute approximate surface area is 152 Å². The van der Waals surface area contributed by atoms with E-state index in [0.29, 0.717) is 37.4 Å². The molecule has 1 saturated heterocycles. The lowest BCUT2D eigenvalue weighted by molar-refractivity contribution is -0.134. The van der Waals surface area contributed by atoms with Crippen molar-refractivity contribution in [2.75, 3.05) is 13.1 Å². The minimum absolute atomic E-state index is 0.00585. The third-order valence-electron chi connectivity index (χ3n) is 4.94. The minimum atomic E-state index is -0.307. The molecule has 0 radical (unpaired) electrons. The molecule has 2 heterocycles. The molecular weight excluding hydrogens is 335 g/mol. The quantitative estimate of drug-likeness (QED) is 0.914. The number of amides is 2. The van der Waals surface area contributed by atoms with Crippen LogP contribution < -0.4 is 5.32 Å². The molecule has 1 aromatic carbocycles. The normalized spacial score (nSPS) is 20.0. The van der Waals surface area contributed by atoms with Gasteiger partial charge in [-0.1, -0.05) is 12.1 Å². The summed E-state index contributed by atoms with van der Waals surface area (Å²) in [6, 6.07) is 8.57. The van der Waals surface area contributed by atoms with Gasteiger partial charge in [-0.2, -0.15) is 0 Å². The summed E-state index contributed by atoms with van der Waals surface area (Å²) in [4.78, 5) is 26.2. The predicted molar refractivity (Wildman–Crippen MR) is 94.8 cm³/mol. The van der Waals surface area contributed by atoms with Crippen molar-refractivity contribution >= 4 is 11.8 Å². The van der Waals surface area contributed by atoms with Crippen molar-refractivity contribution in [3.63, 3.8) is 0 Å². The van der Waals surface area contributed by atoms with Gasteiger partial charge in [-0.15, -0.1) is 0 Å². The summed E-state index contributed by atoms with van der Waals surface area (Å²) in [5, 5.41) is 2.88. The monoisotopic (exact) mass is 358 g/mol. The molecule has 2 amide bonds. The number of piperidine rings is 1. The lowest BCUT2D eigenvalue weighted by atomic mass is 9.83. The Bertz CT molecular complexity index is 788. The average molecular weight is 358 g/mol. The Morgan fingerprint density at radius 3 is 2.77 bits per heavy atom. The van der Waals surface area contributed by atoms with Crippen LogP contribution in [0.4, 0.5) is 4.39 Å². The SMILES string of the molecule is CC(=O)N1C[C@@H](C(=O)NCc2ccco2)C[C@H](c2ccc(F)c(C)c2)C1. The Kier molecular flexibility index (Phi) is 5.40. The van der Waals surface area contributed by atoms with Crippen LogP contribution in [0.15, 0.2) is 41.0 Å². The summed E-state index contributed by atoms with van der Waals surface area (Å²) in [7, 11) is 0. The number of furan rings is 1. The maximum absolute atomic E-state index is 13.6. The van der Waals surface area contributed by atoms with Crippen molar-refractivity contribution < 1.29 is 18.4 Å². The summed E-state index contributed by atoms with van der Waals surface area (Å²) in [5.74, 6) is -0.0261. The fourth-order valence-electron chi connectivity index (χ4n) is 3.44. The second-order valence-electron chi connectivity index (χ2n) is 6.86. The van der Waals surface area contributed by atoms with E-state index < -0.39 is 0 Å². The van der Waals surface area contributed by atoms with Gasteiger partial charge in [0.1, 0.15) is 11.6 Å². The summed E-state index contributed by atoms with van der Waals surface area (Å²) >= 11 is 0. The van der Waals surface area contributed by atoms with Crippen LogP contribution in [-0.2, 0) is 16.1 Å². The summed E-state index contributed by atoms with van der Waals surface area (Å²) in [5.41, 5.74) is 1.53. The van der Waals surface area contributed by atoms with Gasteiger partial charge in [0, 0.05) is 25.9 Å². The van der Waals surface area contributed by atoms with Crippen LogP contribution in [-0.4, -0.2) is 29.8 Å². The molecule has 2 atom stereocenters. The molecule has 2 aromatic rings. The molecular formula is C20H23FN2O3. The van der Waals surface area contributed by atoms with Gasteiger partial charge < -0.3 is 14.6 Å². The van der Waals surface area contributed by atoms with E-state index in [2.05, 4.69) is 5.32 Å². The number of nitrogens with zero attached hydrogens (tertiary/aromatic N) is 1. The molecule has 0 bridgehead atoms. The van der Waals surface area contributed by atoms with Gasteiger partial charge in [0.15, 0.2) is 0 Å². The first-order valence-corrected chi connectivity index (χ1v) is 8.75. The number of carbonyl (C=O) groups is 2. The molecule has 1 fully saturated rings. The molecule has 1 aliphatic heterocycles. The van der Waals surface area contributed by atoms with Crippen molar-refractivity contribution in [3.8, 4) is 0 Å². The molecule has 0 unspecified atom stereocenters. The number of carbonyl (C=O) groups excluding carboxylic acids is 2. The molecule has 0 spiro atoms. The van der Waals surface area contributed by atoms with Gasteiger partial charge in [-0.25, -0.2) is 4.39 Å². The maximum atomic E-state index is 13.6. The maximum Gasteiger partial charge on any atom is 0.225 e. The Morgan fingerprint density at radius 1 is 1.31 bits per heavy atom. The highest BCUT2D eigenvalue weighted by atomic mass is 19.1. The average Bonchev–Trinajstić information content (AvgIpc) is 3.15. The van der Waals surface area contributed by atoms with Gasteiger partial charge in [0.05, 0.1) is 18.7 Å². The third kappa shape index (κ3) is 4.12. The molecule has 138 valence electrons. The van der Waals surface area contributed by atoms with Gasteiger partial charge in [-0.3, -0.25) is 9.59 Å². The second-order valence-corrected chi connectivity index (χ2v) is 6.86. The van der Waals surface area contributed by atoms with Gasteiger partial charge in [-0.05, 0) is 42.7 Å². The van der Waals surface area contributed by atoms with Crippen LogP contribution in [0.3, 0.4) is 0 Å². The van der Waals surface area contributed by atoms with E-state index in [1.807, 2.05) is 0 Å². The molecule has 1 N–H and O–H groups in total. The van der Waals surface area contributed by atoms with Gasteiger partial charge in [0.25, 0.3) is 0 Å². The number of halogens is 1. The Hall–Kier alpha value is -2.63. The van der Waals surface area contributed by atoms with E-state index in [-0.39, 0.29) is 29.5 Å². The van der Waals surface area contributed by atoms with Crippen molar-refractivity contribution in [1.29, 1.82) is 0 Å². The van der Waals surface area contributed by atoms with Crippen LogP contribution in [0.5, 0.6) is 0 Å². The van der Waals surface area contributed by atoms with Crippen LogP contribution >= 0.6 is 0 Å². The molecule has 5 nitrogen and oxygen atoms in total. The molecule has 6 heteroatoms. The first kappa shape index (κ1) is 18.2. The summed E-state index contributed by atoms with van der Waals surface area (Å²) < 4.78 is 18.8. The highest BCUT2D eigenvalue weighted by Gasteiger charge is 2.33. The first-order chi connectivity index (χ1) is 12.4. The number of rotatable bonds is 4. The fraction of sp³-hybridized carbons (Fsp3) is 0.400. The number of likely N-dealkylation sites (tertiary alicyclic amines) is 1. The summed E-state index contributed by atoms with van der Waals surface area (Å²) in [6.07, 6.45) is 2.19. The van der Waals surface area contributed by atoms with E-state index in [1.165, 1.54) is 13.0 Å². The van der Waals surface area contributed by atoms with Crippen LogP contribution in [0.1, 0.15) is 36.1 Å². The van der Waals surface area contributed by atoms with Crippen molar-refractivity contribution in [2.45, 2.75) is 32.7 Å². The van der Waals surface area contributed by atoms with Crippen LogP contribution in [0, 0.1) is 18.7 Å². The lowest BCUT2D eigenvalue weighted by Crippen LogP contribution is -2.47. The number of hydrogen-bond acceptors (Lipinski definition) is 3. The van der Waals surface area contributed by atoms with E-state index in [9.17, 15) is 14.0 Å². The molecule has 0 saturated carbocycles. The number of benzene rings is 1. The van der Waals surface area contributed by atoms with Gasteiger partial charge in [0.2, 0.25) is 11.8 Å². The van der Waals surface area contributed by atoms with Crippen LogP contribution in [0.25, 0.3) is 0 Å². The minimum Gasteiger partial charge on any atom is -0.467 e. The molecule has 3 rings (SSSR count). The second kappa shape index (κ2) is 7.72. The number of aryl methyl sites for hydroxylation is 1. The largest absolute Gasteiger partial charge is 0.467 e. The highest BCUT2D eigenvalue weighted by Crippen LogP contribution is 2.31. The van der Waals surface area contributed by atoms with Crippen molar-refractivity contribution in [3.05, 3.63) is 59.3 Å². The van der Waals surface area contributed by atoms with E-state index >= 15 is 0 Å². The van der Waals surface area contributed by atoms with E-state index in [4.69, 9.17) is 4.42 Å². The predicted octanol–water partition coefficient (Wildman–Crippen LogP) is 3.00. The molecule has 1 aliphatic rings. The lowest BCUT2D eigenvalue weighted by Gasteiger charge is -2.37. The zero-order valence-corrected chi connectivity index (χ0v) is 15.0. The number of hydrogen-bond donors (Lipinski definition) is 1. The first-order valence-electron chi connectivity index (χ1n) is 8.75. The Morgan fingerprint density at radius 2 is 2.12 bits per heavy atom. The van der Waals surface area contributed by atoms with E-state index in [0.717, 1.165) is 5.56 Å². The van der Waals surface area contributed by atoms with E-state index in [1.54, 1.807) is 42.4 Å². The standard InChI is InChI=1S/C20H23FN2O3/c1-13-8-15(5-6-19(13)21)16-9-17(12-23(11-16)14(2)24)20(25)22-10-18-4-3-7-26-18/h3-8,16-17H,9-12H2,1-2H3,(H,22,25)/t16-,17-/m0/s1. The summed E-state index contributed by atoms with van der Waals surface area (Å²) in [6.45, 7) is 4.50. The number of nitrogens with one attached hydrogen (secondary N) is 1. The fourth-order valence-corrected chi connectivity index (χ4v) is 3.44. The topological polar surface area (TPSA) is 62.6 Å². The van der Waals surface area contributed by atoms with Crippen molar-refractivity contribution in [1.82, 2.24) is 10.2 Å². The molecule has 1 aromatic heterocycles. The zero-order valence-electron chi connectivity index (χ0n) is 15.0. The highest BCUT2D eigenvalue weighted by molar-refractivity contribution is 5.80. The van der Waals surface area contributed by atoms with Crippen LogP contribution in [0.2, 0.25) is 0 Å². The third-order valence-corrected chi connectivity index (χ3v) is 4.94.